The van der Waals surface area contributed by atoms with Gasteiger partial charge in [-0.15, -0.1) is 0 Å². The van der Waals surface area contributed by atoms with E-state index in [0.717, 1.165) is 0 Å². The SMILES string of the molecule is CCC(=O)N(C)CCOC. The van der Waals surface area contributed by atoms with Gasteiger partial charge in [-0.25, -0.2) is 0 Å². The first-order valence-electron chi connectivity index (χ1n) is 3.45. The van der Waals surface area contributed by atoms with Crippen LogP contribution in [0.3, 0.4) is 0 Å². The Morgan fingerprint density at radius 3 is 2.60 bits per heavy atom. The Morgan fingerprint density at radius 1 is 1.60 bits per heavy atom. The first kappa shape index (κ1) is 9.43. The van der Waals surface area contributed by atoms with Gasteiger partial charge in [0, 0.05) is 27.1 Å². The molecular formula is C7H15NO2. The van der Waals surface area contributed by atoms with Gasteiger partial charge in [-0.1, -0.05) is 6.92 Å². The Bertz CT molecular complexity index is 104. The van der Waals surface area contributed by atoms with E-state index < -0.39 is 0 Å². The second kappa shape index (κ2) is 5.23. The lowest BCUT2D eigenvalue weighted by Gasteiger charge is -2.14. The van der Waals surface area contributed by atoms with Gasteiger partial charge in [0.2, 0.25) is 5.91 Å². The second-order valence-corrected chi connectivity index (χ2v) is 2.16. The highest BCUT2D eigenvalue weighted by atomic mass is 16.5. The Kier molecular flexibility index (Phi) is 4.94. The third kappa shape index (κ3) is 3.45. The first-order valence-corrected chi connectivity index (χ1v) is 3.45. The van der Waals surface area contributed by atoms with Crippen molar-refractivity contribution in [1.82, 2.24) is 4.90 Å². The van der Waals surface area contributed by atoms with E-state index in [4.69, 9.17) is 4.74 Å². The molecule has 0 aromatic heterocycles. The predicted octanol–water partition coefficient (Wildman–Crippen LogP) is 0.501. The molecule has 1 amide bonds. The number of methoxy groups -OCH3 is 1. The molecule has 0 aliphatic heterocycles. The van der Waals surface area contributed by atoms with Crippen LogP contribution in [-0.4, -0.2) is 38.1 Å². The molecule has 0 aromatic rings. The molecule has 60 valence electrons. The Morgan fingerprint density at radius 2 is 2.20 bits per heavy atom. The lowest BCUT2D eigenvalue weighted by Crippen LogP contribution is -2.28. The summed E-state index contributed by atoms with van der Waals surface area (Å²) in [6.07, 6.45) is 0.570. The zero-order valence-corrected chi connectivity index (χ0v) is 6.89. The lowest BCUT2D eigenvalue weighted by molar-refractivity contribution is -0.130. The molecule has 0 rings (SSSR count). The molecule has 0 N–H and O–H groups in total. The summed E-state index contributed by atoms with van der Waals surface area (Å²) in [4.78, 5) is 12.6. The summed E-state index contributed by atoms with van der Waals surface area (Å²) in [7, 11) is 3.41. The smallest absolute Gasteiger partial charge is 0.222 e. The van der Waals surface area contributed by atoms with Gasteiger partial charge in [-0.2, -0.15) is 0 Å². The standard InChI is InChI=1S/C7H15NO2/c1-4-7(9)8(2)5-6-10-3/h4-6H2,1-3H3. The Balaban J connectivity index is 3.41. The van der Waals surface area contributed by atoms with Crippen LogP contribution in [0.4, 0.5) is 0 Å². The van der Waals surface area contributed by atoms with E-state index in [9.17, 15) is 4.79 Å². The fraction of sp³-hybridized carbons (Fsp3) is 0.857. The molecule has 0 aliphatic carbocycles. The van der Waals surface area contributed by atoms with Gasteiger partial charge in [0.1, 0.15) is 0 Å². The number of ether oxygens (including phenoxy) is 1. The summed E-state index contributed by atoms with van der Waals surface area (Å²) in [5.74, 6) is 0.164. The topological polar surface area (TPSA) is 29.5 Å². The number of amides is 1. The maximum atomic E-state index is 10.9. The fourth-order valence-corrected chi connectivity index (χ4v) is 0.623. The van der Waals surface area contributed by atoms with Crippen LogP contribution in [-0.2, 0) is 9.53 Å². The summed E-state index contributed by atoms with van der Waals surface area (Å²) >= 11 is 0. The number of carbonyl (C=O) groups is 1. The highest BCUT2D eigenvalue weighted by Gasteiger charge is 2.03. The summed E-state index contributed by atoms with van der Waals surface area (Å²) in [6, 6.07) is 0. The Hall–Kier alpha value is -0.570. The van der Waals surface area contributed by atoms with E-state index in [1.54, 1.807) is 19.1 Å². The number of hydrogen-bond donors (Lipinski definition) is 0. The zero-order valence-electron chi connectivity index (χ0n) is 6.89. The average Bonchev–Trinajstić information content (AvgIpc) is 1.98. The molecular weight excluding hydrogens is 130 g/mol. The molecule has 0 unspecified atom stereocenters. The lowest BCUT2D eigenvalue weighted by atomic mass is 10.4. The molecule has 0 saturated heterocycles. The van der Waals surface area contributed by atoms with Crippen molar-refractivity contribution in [3.8, 4) is 0 Å². The summed E-state index contributed by atoms with van der Waals surface area (Å²) < 4.78 is 4.81. The van der Waals surface area contributed by atoms with Gasteiger partial charge in [0.25, 0.3) is 0 Å². The van der Waals surface area contributed by atoms with E-state index in [0.29, 0.717) is 19.6 Å². The van der Waals surface area contributed by atoms with Crippen LogP contribution < -0.4 is 0 Å². The largest absolute Gasteiger partial charge is 0.383 e. The van der Waals surface area contributed by atoms with E-state index >= 15 is 0 Å². The first-order chi connectivity index (χ1) is 4.72. The third-order valence-corrected chi connectivity index (χ3v) is 1.36. The summed E-state index contributed by atoms with van der Waals surface area (Å²) in [5, 5.41) is 0. The van der Waals surface area contributed by atoms with Crippen molar-refractivity contribution in [3.05, 3.63) is 0 Å². The van der Waals surface area contributed by atoms with Gasteiger partial charge in [-0.05, 0) is 0 Å². The van der Waals surface area contributed by atoms with E-state index in [1.165, 1.54) is 0 Å². The number of rotatable bonds is 4. The minimum Gasteiger partial charge on any atom is -0.383 e. The molecule has 10 heavy (non-hydrogen) atoms. The van der Waals surface area contributed by atoms with Crippen molar-refractivity contribution in [1.29, 1.82) is 0 Å². The third-order valence-electron chi connectivity index (χ3n) is 1.36. The molecule has 0 bridgehead atoms. The van der Waals surface area contributed by atoms with Crippen molar-refractivity contribution in [2.24, 2.45) is 0 Å². The zero-order chi connectivity index (χ0) is 7.98. The number of nitrogens with zero attached hydrogens (tertiary/aromatic N) is 1. The van der Waals surface area contributed by atoms with Crippen LogP contribution in [0.25, 0.3) is 0 Å². The van der Waals surface area contributed by atoms with E-state index in [-0.39, 0.29) is 5.91 Å². The monoisotopic (exact) mass is 145 g/mol. The quantitative estimate of drug-likeness (QED) is 0.576. The molecule has 0 atom stereocenters. The normalized spacial score (nSPS) is 9.50. The minimum atomic E-state index is 0.164. The maximum absolute atomic E-state index is 10.9. The van der Waals surface area contributed by atoms with Gasteiger partial charge < -0.3 is 9.64 Å². The number of likely N-dealkylation sites (N-methyl/N-ethyl adjacent to an activating group) is 1. The highest BCUT2D eigenvalue weighted by molar-refractivity contribution is 5.75. The number of carbonyl (C=O) groups excluding carboxylic acids is 1. The minimum absolute atomic E-state index is 0.164. The summed E-state index contributed by atoms with van der Waals surface area (Å²) in [6.45, 7) is 3.15. The van der Waals surface area contributed by atoms with Crippen molar-refractivity contribution in [2.45, 2.75) is 13.3 Å². The van der Waals surface area contributed by atoms with Crippen molar-refractivity contribution < 1.29 is 9.53 Å². The van der Waals surface area contributed by atoms with Crippen LogP contribution in [0.15, 0.2) is 0 Å². The highest BCUT2D eigenvalue weighted by Crippen LogP contribution is 1.88. The molecule has 0 saturated carbocycles. The van der Waals surface area contributed by atoms with Gasteiger partial charge >= 0.3 is 0 Å². The maximum Gasteiger partial charge on any atom is 0.222 e. The molecule has 0 aliphatic rings. The molecule has 0 spiro atoms. The fourth-order valence-electron chi connectivity index (χ4n) is 0.623. The van der Waals surface area contributed by atoms with Crippen molar-refractivity contribution >= 4 is 5.91 Å². The van der Waals surface area contributed by atoms with Crippen LogP contribution in [0.1, 0.15) is 13.3 Å². The van der Waals surface area contributed by atoms with Crippen LogP contribution in [0.5, 0.6) is 0 Å². The van der Waals surface area contributed by atoms with Crippen LogP contribution in [0.2, 0.25) is 0 Å². The van der Waals surface area contributed by atoms with Crippen molar-refractivity contribution in [2.75, 3.05) is 27.3 Å². The van der Waals surface area contributed by atoms with Gasteiger partial charge in [0.15, 0.2) is 0 Å². The van der Waals surface area contributed by atoms with Crippen LogP contribution in [0, 0.1) is 0 Å². The average molecular weight is 145 g/mol. The number of hydrogen-bond acceptors (Lipinski definition) is 2. The van der Waals surface area contributed by atoms with E-state index in [2.05, 4.69) is 0 Å². The van der Waals surface area contributed by atoms with Crippen molar-refractivity contribution in [3.63, 3.8) is 0 Å². The van der Waals surface area contributed by atoms with Gasteiger partial charge in [-0.3, -0.25) is 4.79 Å². The second-order valence-electron chi connectivity index (χ2n) is 2.16. The Labute approximate surface area is 62.0 Å². The van der Waals surface area contributed by atoms with E-state index in [1.807, 2.05) is 6.92 Å². The van der Waals surface area contributed by atoms with Crippen LogP contribution >= 0.6 is 0 Å². The molecule has 0 heterocycles. The molecule has 0 aromatic carbocycles. The predicted molar refractivity (Wildman–Crippen MR) is 39.8 cm³/mol. The van der Waals surface area contributed by atoms with Gasteiger partial charge in [0.05, 0.1) is 6.61 Å². The summed E-state index contributed by atoms with van der Waals surface area (Å²) in [5.41, 5.74) is 0. The molecule has 0 radical (unpaired) electrons. The molecule has 3 nitrogen and oxygen atoms in total. The molecule has 3 heteroatoms. The molecule has 0 fully saturated rings.